The van der Waals surface area contributed by atoms with Crippen LogP contribution in [0.25, 0.3) is 0 Å². The van der Waals surface area contributed by atoms with Crippen LogP contribution in [0.2, 0.25) is 0 Å². The van der Waals surface area contributed by atoms with Crippen LogP contribution in [-0.2, 0) is 6.54 Å². The summed E-state index contributed by atoms with van der Waals surface area (Å²) in [5.74, 6) is 0.921. The fourth-order valence-electron chi connectivity index (χ4n) is 3.63. The molecule has 1 aromatic heterocycles. The van der Waals surface area contributed by atoms with Gasteiger partial charge >= 0.3 is 0 Å². The number of aromatic nitrogens is 1. The van der Waals surface area contributed by atoms with Gasteiger partial charge in [-0.2, -0.15) is 0 Å². The van der Waals surface area contributed by atoms with Gasteiger partial charge in [-0.1, -0.05) is 6.07 Å². The van der Waals surface area contributed by atoms with Crippen LogP contribution in [0.5, 0.6) is 0 Å². The first kappa shape index (κ1) is 13.1. The van der Waals surface area contributed by atoms with E-state index in [1.807, 2.05) is 0 Å². The number of hydrogen-bond donors (Lipinski definition) is 1. The third kappa shape index (κ3) is 2.98. The molecule has 1 aliphatic heterocycles. The standard InChI is InChI=1S/C16H25N3/c1-13-4-3-5-15(18-13)12-19(2)11-14-10-16(14)6-8-17-9-7-16/h3-5,14,17H,6-12H2,1-2H3. The molecule has 3 heteroatoms. The summed E-state index contributed by atoms with van der Waals surface area (Å²) >= 11 is 0. The van der Waals surface area contributed by atoms with E-state index in [0.717, 1.165) is 18.2 Å². The molecule has 0 bridgehead atoms. The summed E-state index contributed by atoms with van der Waals surface area (Å²) in [6.45, 7) is 6.72. The average Bonchev–Trinajstić information content (AvgIpc) is 3.01. The zero-order valence-corrected chi connectivity index (χ0v) is 12.2. The quantitative estimate of drug-likeness (QED) is 0.898. The molecular formula is C16H25N3. The van der Waals surface area contributed by atoms with Crippen LogP contribution < -0.4 is 5.32 Å². The van der Waals surface area contributed by atoms with E-state index in [1.165, 1.54) is 44.6 Å². The van der Waals surface area contributed by atoms with E-state index in [9.17, 15) is 0 Å². The highest BCUT2D eigenvalue weighted by Gasteiger charge is 2.53. The number of nitrogens with zero attached hydrogens (tertiary/aromatic N) is 2. The Morgan fingerprint density at radius 3 is 2.89 bits per heavy atom. The number of hydrogen-bond acceptors (Lipinski definition) is 3. The molecule has 0 amide bonds. The van der Waals surface area contributed by atoms with Crippen molar-refractivity contribution in [2.24, 2.45) is 11.3 Å². The van der Waals surface area contributed by atoms with Crippen molar-refractivity contribution in [3.63, 3.8) is 0 Å². The number of piperidine rings is 1. The van der Waals surface area contributed by atoms with Gasteiger partial charge in [0, 0.05) is 18.8 Å². The van der Waals surface area contributed by atoms with Crippen molar-refractivity contribution >= 4 is 0 Å². The van der Waals surface area contributed by atoms with Gasteiger partial charge in [-0.3, -0.25) is 4.98 Å². The minimum Gasteiger partial charge on any atom is -0.317 e. The van der Waals surface area contributed by atoms with Gasteiger partial charge in [0.1, 0.15) is 0 Å². The van der Waals surface area contributed by atoms with Crippen molar-refractivity contribution in [3.8, 4) is 0 Å². The molecule has 1 N–H and O–H groups in total. The molecule has 1 aliphatic carbocycles. The summed E-state index contributed by atoms with van der Waals surface area (Å²) in [5.41, 5.74) is 3.01. The number of nitrogens with one attached hydrogen (secondary N) is 1. The van der Waals surface area contributed by atoms with Gasteiger partial charge in [0.2, 0.25) is 0 Å². The zero-order valence-electron chi connectivity index (χ0n) is 12.2. The normalized spacial score (nSPS) is 24.9. The smallest absolute Gasteiger partial charge is 0.0547 e. The molecule has 104 valence electrons. The second kappa shape index (κ2) is 5.22. The third-order valence-corrected chi connectivity index (χ3v) is 4.87. The van der Waals surface area contributed by atoms with Gasteiger partial charge in [0.05, 0.1) is 5.69 Å². The molecule has 2 aliphatic rings. The zero-order chi connectivity index (χ0) is 13.3. The fraction of sp³-hybridized carbons (Fsp3) is 0.688. The number of rotatable bonds is 4. The Morgan fingerprint density at radius 1 is 1.37 bits per heavy atom. The largest absolute Gasteiger partial charge is 0.317 e. The Balaban J connectivity index is 1.51. The lowest BCUT2D eigenvalue weighted by Crippen LogP contribution is -2.31. The Bertz CT molecular complexity index is 437. The van der Waals surface area contributed by atoms with E-state index in [4.69, 9.17) is 0 Å². The van der Waals surface area contributed by atoms with Gasteiger partial charge in [-0.05, 0) is 69.8 Å². The summed E-state index contributed by atoms with van der Waals surface area (Å²) in [6.07, 6.45) is 4.21. The highest BCUT2D eigenvalue weighted by molar-refractivity contribution is 5.10. The highest BCUT2D eigenvalue weighted by atomic mass is 15.1. The molecular weight excluding hydrogens is 234 g/mol. The van der Waals surface area contributed by atoms with Crippen molar-refractivity contribution in [1.82, 2.24) is 15.2 Å². The maximum absolute atomic E-state index is 4.59. The minimum absolute atomic E-state index is 0.694. The third-order valence-electron chi connectivity index (χ3n) is 4.87. The summed E-state index contributed by atoms with van der Waals surface area (Å²) in [4.78, 5) is 7.04. The van der Waals surface area contributed by atoms with Gasteiger partial charge in [-0.15, -0.1) is 0 Å². The summed E-state index contributed by atoms with van der Waals surface area (Å²) in [6, 6.07) is 6.31. The molecule has 1 aromatic rings. The first-order valence-corrected chi connectivity index (χ1v) is 7.50. The number of aryl methyl sites for hydroxylation is 1. The average molecular weight is 259 g/mol. The highest BCUT2D eigenvalue weighted by Crippen LogP contribution is 2.58. The van der Waals surface area contributed by atoms with Crippen LogP contribution in [0.15, 0.2) is 18.2 Å². The van der Waals surface area contributed by atoms with Crippen LogP contribution in [0.4, 0.5) is 0 Å². The molecule has 1 saturated heterocycles. The molecule has 3 nitrogen and oxygen atoms in total. The predicted molar refractivity (Wildman–Crippen MR) is 78.0 cm³/mol. The van der Waals surface area contributed by atoms with Gasteiger partial charge in [-0.25, -0.2) is 0 Å². The predicted octanol–water partition coefficient (Wildman–Crippen LogP) is 2.21. The Morgan fingerprint density at radius 2 is 2.16 bits per heavy atom. The van der Waals surface area contributed by atoms with Crippen molar-refractivity contribution in [3.05, 3.63) is 29.6 Å². The van der Waals surface area contributed by atoms with Crippen molar-refractivity contribution in [1.29, 1.82) is 0 Å². The molecule has 0 radical (unpaired) electrons. The van der Waals surface area contributed by atoms with Crippen LogP contribution in [0.1, 0.15) is 30.7 Å². The first-order chi connectivity index (χ1) is 9.18. The Labute approximate surface area is 116 Å². The second-order valence-corrected chi connectivity index (χ2v) is 6.48. The van der Waals surface area contributed by atoms with Gasteiger partial charge in [0.15, 0.2) is 0 Å². The van der Waals surface area contributed by atoms with E-state index in [1.54, 1.807) is 0 Å². The second-order valence-electron chi connectivity index (χ2n) is 6.48. The molecule has 19 heavy (non-hydrogen) atoms. The lowest BCUT2D eigenvalue weighted by Gasteiger charge is -2.25. The van der Waals surface area contributed by atoms with Gasteiger partial charge in [0.25, 0.3) is 0 Å². The molecule has 0 aromatic carbocycles. The van der Waals surface area contributed by atoms with Crippen LogP contribution in [0, 0.1) is 18.3 Å². The molecule has 1 unspecified atom stereocenters. The summed E-state index contributed by atoms with van der Waals surface area (Å²) in [5, 5.41) is 3.48. The molecule has 3 rings (SSSR count). The first-order valence-electron chi connectivity index (χ1n) is 7.50. The Kier molecular flexibility index (Phi) is 3.59. The van der Waals surface area contributed by atoms with Crippen molar-refractivity contribution in [2.45, 2.75) is 32.7 Å². The Hall–Kier alpha value is -0.930. The topological polar surface area (TPSA) is 28.2 Å². The van der Waals surface area contributed by atoms with E-state index in [0.29, 0.717) is 5.41 Å². The fourth-order valence-corrected chi connectivity index (χ4v) is 3.63. The van der Waals surface area contributed by atoms with Gasteiger partial charge < -0.3 is 10.2 Å². The molecule has 1 spiro atoms. The monoisotopic (exact) mass is 259 g/mol. The van der Waals surface area contributed by atoms with E-state index in [2.05, 4.69) is 47.4 Å². The molecule has 2 fully saturated rings. The lowest BCUT2D eigenvalue weighted by atomic mass is 9.92. The molecule has 1 saturated carbocycles. The maximum atomic E-state index is 4.59. The van der Waals surface area contributed by atoms with E-state index in [-0.39, 0.29) is 0 Å². The minimum atomic E-state index is 0.694. The van der Waals surface area contributed by atoms with Crippen LogP contribution in [0.3, 0.4) is 0 Å². The summed E-state index contributed by atoms with van der Waals surface area (Å²) < 4.78 is 0. The van der Waals surface area contributed by atoms with Crippen molar-refractivity contribution < 1.29 is 0 Å². The van der Waals surface area contributed by atoms with E-state index < -0.39 is 0 Å². The van der Waals surface area contributed by atoms with Crippen LogP contribution >= 0.6 is 0 Å². The van der Waals surface area contributed by atoms with Crippen LogP contribution in [-0.4, -0.2) is 36.6 Å². The lowest BCUT2D eigenvalue weighted by molar-refractivity contribution is 0.255. The van der Waals surface area contributed by atoms with E-state index >= 15 is 0 Å². The molecule has 2 heterocycles. The number of pyridine rings is 1. The maximum Gasteiger partial charge on any atom is 0.0547 e. The van der Waals surface area contributed by atoms with Crippen molar-refractivity contribution in [2.75, 3.05) is 26.7 Å². The summed E-state index contributed by atoms with van der Waals surface area (Å²) in [7, 11) is 2.23. The molecule has 1 atom stereocenters. The SMILES string of the molecule is Cc1cccc(CN(C)CC2CC23CCNCC3)n1.